The first-order valence-corrected chi connectivity index (χ1v) is 6.78. The van der Waals surface area contributed by atoms with E-state index in [4.69, 9.17) is 9.84 Å². The summed E-state index contributed by atoms with van der Waals surface area (Å²) in [5.41, 5.74) is 2.07. The van der Waals surface area contributed by atoms with Gasteiger partial charge in [-0.2, -0.15) is 0 Å². The third kappa shape index (κ3) is 4.60. The highest BCUT2D eigenvalue weighted by atomic mass is 32.1. The number of carbonyl (C=O) groups is 2. The average molecular weight is 286 g/mol. The molecule has 0 spiro atoms. The molecule has 6 nitrogen and oxygen atoms in total. The van der Waals surface area contributed by atoms with Crippen LogP contribution < -0.4 is 5.32 Å². The summed E-state index contributed by atoms with van der Waals surface area (Å²) in [4.78, 5) is 27.6. The number of hydrogen-bond donors (Lipinski definition) is 2. The van der Waals surface area contributed by atoms with E-state index in [0.29, 0.717) is 17.0 Å². The van der Waals surface area contributed by atoms with Gasteiger partial charge in [0.1, 0.15) is 10.9 Å². The minimum Gasteiger partial charge on any atom is -0.480 e. The second-order valence-corrected chi connectivity index (χ2v) is 5.41. The van der Waals surface area contributed by atoms with Crippen molar-refractivity contribution in [2.45, 2.75) is 32.9 Å². The van der Waals surface area contributed by atoms with Crippen molar-refractivity contribution >= 4 is 23.2 Å². The third-order valence-electron chi connectivity index (χ3n) is 2.44. The molecule has 0 saturated carbocycles. The standard InChI is InChI=1S/C12H18N2O4S/c1-7(2)4-8(12(16)17)14-11(15)10-9(5-18-3)13-6-19-10/h6-8H,4-5H2,1-3H3,(H,14,15)(H,16,17)/t8-/m0/s1. The number of hydrogen-bond acceptors (Lipinski definition) is 5. The minimum absolute atomic E-state index is 0.182. The van der Waals surface area contributed by atoms with Gasteiger partial charge in [-0.05, 0) is 12.3 Å². The molecular formula is C12H18N2O4S. The zero-order valence-electron chi connectivity index (χ0n) is 11.2. The van der Waals surface area contributed by atoms with Gasteiger partial charge in [0, 0.05) is 7.11 Å². The van der Waals surface area contributed by atoms with Crippen LogP contribution in [0.2, 0.25) is 0 Å². The zero-order chi connectivity index (χ0) is 14.4. The molecule has 0 bridgehead atoms. The maximum atomic E-state index is 12.0. The molecule has 1 heterocycles. The van der Waals surface area contributed by atoms with E-state index >= 15 is 0 Å². The third-order valence-corrected chi connectivity index (χ3v) is 3.31. The molecular weight excluding hydrogens is 268 g/mol. The van der Waals surface area contributed by atoms with Gasteiger partial charge in [-0.1, -0.05) is 13.8 Å². The summed E-state index contributed by atoms with van der Waals surface area (Å²) in [6.45, 7) is 4.05. The minimum atomic E-state index is -1.03. The quantitative estimate of drug-likeness (QED) is 0.793. The molecule has 0 aromatic carbocycles. The number of aromatic nitrogens is 1. The summed E-state index contributed by atoms with van der Waals surface area (Å²) in [5.74, 6) is -1.26. The average Bonchev–Trinajstić information content (AvgIpc) is 2.76. The molecule has 106 valence electrons. The Bertz CT molecular complexity index is 445. The number of ether oxygens (including phenoxy) is 1. The van der Waals surface area contributed by atoms with Gasteiger partial charge >= 0.3 is 5.97 Å². The van der Waals surface area contributed by atoms with Crippen molar-refractivity contribution < 1.29 is 19.4 Å². The Morgan fingerprint density at radius 1 is 1.53 bits per heavy atom. The molecule has 0 fully saturated rings. The van der Waals surface area contributed by atoms with E-state index in [1.165, 1.54) is 18.4 Å². The predicted octanol–water partition coefficient (Wildman–Crippen LogP) is 1.52. The first-order valence-electron chi connectivity index (χ1n) is 5.90. The summed E-state index contributed by atoms with van der Waals surface area (Å²) in [6.07, 6.45) is 0.388. The Kier molecular flexibility index (Phi) is 5.91. The van der Waals surface area contributed by atoms with Crippen LogP contribution in [0, 0.1) is 5.92 Å². The van der Waals surface area contributed by atoms with Crippen LogP contribution in [-0.4, -0.2) is 35.1 Å². The smallest absolute Gasteiger partial charge is 0.326 e. The van der Waals surface area contributed by atoms with E-state index in [1.807, 2.05) is 13.8 Å². The van der Waals surface area contributed by atoms with Crippen molar-refractivity contribution in [2.24, 2.45) is 5.92 Å². The van der Waals surface area contributed by atoms with E-state index in [1.54, 1.807) is 5.51 Å². The largest absolute Gasteiger partial charge is 0.480 e. The van der Waals surface area contributed by atoms with Gasteiger partial charge in [0.25, 0.3) is 5.91 Å². The molecule has 2 N–H and O–H groups in total. The zero-order valence-corrected chi connectivity index (χ0v) is 12.0. The molecule has 1 aromatic heterocycles. The van der Waals surface area contributed by atoms with Gasteiger partial charge in [0.2, 0.25) is 0 Å². The molecule has 1 amide bonds. The second kappa shape index (κ2) is 7.20. The number of nitrogens with one attached hydrogen (secondary N) is 1. The number of carboxylic acid groups (broad SMARTS) is 1. The number of amides is 1. The number of aliphatic carboxylic acids is 1. The fraction of sp³-hybridized carbons (Fsp3) is 0.583. The van der Waals surface area contributed by atoms with Crippen LogP contribution in [0.25, 0.3) is 0 Å². The van der Waals surface area contributed by atoms with Crippen LogP contribution in [0.1, 0.15) is 35.6 Å². The normalized spacial score (nSPS) is 12.4. The molecule has 0 radical (unpaired) electrons. The van der Waals surface area contributed by atoms with Crippen LogP contribution in [-0.2, 0) is 16.1 Å². The second-order valence-electron chi connectivity index (χ2n) is 4.56. The van der Waals surface area contributed by atoms with E-state index in [9.17, 15) is 9.59 Å². The van der Waals surface area contributed by atoms with Crippen LogP contribution >= 0.6 is 11.3 Å². The van der Waals surface area contributed by atoms with Gasteiger partial charge < -0.3 is 15.2 Å². The highest BCUT2D eigenvalue weighted by molar-refractivity contribution is 7.11. The fourth-order valence-corrected chi connectivity index (χ4v) is 2.31. The number of carboxylic acids is 1. The molecule has 1 atom stereocenters. The fourth-order valence-electron chi connectivity index (χ4n) is 1.61. The van der Waals surface area contributed by atoms with E-state index < -0.39 is 17.9 Å². The van der Waals surface area contributed by atoms with Crippen LogP contribution in [0.15, 0.2) is 5.51 Å². The molecule has 0 saturated heterocycles. The molecule has 0 aliphatic heterocycles. The molecule has 0 aliphatic rings. The lowest BCUT2D eigenvalue weighted by Crippen LogP contribution is -2.41. The van der Waals surface area contributed by atoms with Crippen molar-refractivity contribution in [2.75, 3.05) is 7.11 Å². The van der Waals surface area contributed by atoms with Crippen LogP contribution in [0.3, 0.4) is 0 Å². The topological polar surface area (TPSA) is 88.5 Å². The number of nitrogens with zero attached hydrogens (tertiary/aromatic N) is 1. The Balaban J connectivity index is 2.76. The first-order chi connectivity index (χ1) is 8.95. The Labute approximate surface area is 115 Å². The molecule has 0 unspecified atom stereocenters. The van der Waals surface area contributed by atoms with E-state index in [-0.39, 0.29) is 12.5 Å². The van der Waals surface area contributed by atoms with Gasteiger partial charge in [-0.3, -0.25) is 4.79 Å². The summed E-state index contributed by atoms with van der Waals surface area (Å²) >= 11 is 1.17. The molecule has 1 aromatic rings. The number of carbonyl (C=O) groups excluding carboxylic acids is 1. The maximum absolute atomic E-state index is 12.0. The number of thiazole rings is 1. The van der Waals surface area contributed by atoms with Crippen molar-refractivity contribution in [3.05, 3.63) is 16.1 Å². The summed E-state index contributed by atoms with van der Waals surface area (Å²) < 4.78 is 4.94. The Morgan fingerprint density at radius 2 is 2.21 bits per heavy atom. The summed E-state index contributed by atoms with van der Waals surface area (Å²) in [6, 6.07) is -0.884. The molecule has 7 heteroatoms. The molecule has 1 rings (SSSR count). The highest BCUT2D eigenvalue weighted by Crippen LogP contribution is 2.15. The van der Waals surface area contributed by atoms with Crippen LogP contribution in [0.5, 0.6) is 0 Å². The monoisotopic (exact) mass is 286 g/mol. The van der Waals surface area contributed by atoms with Crippen LogP contribution in [0.4, 0.5) is 0 Å². The maximum Gasteiger partial charge on any atom is 0.326 e. The van der Waals surface area contributed by atoms with E-state index in [0.717, 1.165) is 0 Å². The van der Waals surface area contributed by atoms with Gasteiger partial charge in [0.05, 0.1) is 17.8 Å². The molecule has 19 heavy (non-hydrogen) atoms. The van der Waals surface area contributed by atoms with Crippen molar-refractivity contribution in [1.29, 1.82) is 0 Å². The SMILES string of the molecule is COCc1ncsc1C(=O)N[C@@H](CC(C)C)C(=O)O. The number of methoxy groups -OCH3 is 1. The van der Waals surface area contributed by atoms with E-state index in [2.05, 4.69) is 10.3 Å². The van der Waals surface area contributed by atoms with Gasteiger partial charge in [-0.15, -0.1) is 11.3 Å². The Morgan fingerprint density at radius 3 is 2.74 bits per heavy atom. The summed E-state index contributed by atoms with van der Waals surface area (Å²) in [7, 11) is 1.51. The lowest BCUT2D eigenvalue weighted by Gasteiger charge is -2.16. The van der Waals surface area contributed by atoms with Crippen molar-refractivity contribution in [3.8, 4) is 0 Å². The number of rotatable bonds is 7. The Hall–Kier alpha value is -1.47. The predicted molar refractivity (Wildman–Crippen MR) is 71.2 cm³/mol. The van der Waals surface area contributed by atoms with Crippen molar-refractivity contribution in [3.63, 3.8) is 0 Å². The lowest BCUT2D eigenvalue weighted by atomic mass is 10.0. The van der Waals surface area contributed by atoms with Gasteiger partial charge in [0.15, 0.2) is 0 Å². The lowest BCUT2D eigenvalue weighted by molar-refractivity contribution is -0.139. The molecule has 0 aliphatic carbocycles. The first kappa shape index (κ1) is 15.6. The van der Waals surface area contributed by atoms with Gasteiger partial charge in [-0.25, -0.2) is 9.78 Å². The summed E-state index contributed by atoms with van der Waals surface area (Å²) in [5, 5.41) is 11.6. The highest BCUT2D eigenvalue weighted by Gasteiger charge is 2.24. The van der Waals surface area contributed by atoms with Crippen molar-refractivity contribution in [1.82, 2.24) is 10.3 Å².